The summed E-state index contributed by atoms with van der Waals surface area (Å²) < 4.78 is 10.3. The molecule has 2 aromatic carbocycles. The molecule has 0 spiro atoms. The maximum absolute atomic E-state index is 11.1. The lowest BCUT2D eigenvalue weighted by Crippen LogP contribution is -1.99. The first-order chi connectivity index (χ1) is 12.0. The van der Waals surface area contributed by atoms with E-state index in [1.54, 1.807) is 18.2 Å². The fourth-order valence-corrected chi connectivity index (χ4v) is 1.99. The van der Waals surface area contributed by atoms with E-state index in [-0.39, 0.29) is 11.4 Å². The minimum Gasteiger partial charge on any atom is -0.497 e. The molecular weight excluding hydrogens is 332 g/mol. The van der Waals surface area contributed by atoms with Crippen LogP contribution in [0.25, 0.3) is 0 Å². The number of nitrogens with one attached hydrogen (secondary N) is 1. The second kappa shape index (κ2) is 7.73. The van der Waals surface area contributed by atoms with E-state index in [2.05, 4.69) is 10.5 Å². The highest BCUT2D eigenvalue weighted by Crippen LogP contribution is 2.29. The van der Waals surface area contributed by atoms with Gasteiger partial charge in [0.2, 0.25) is 0 Å². The summed E-state index contributed by atoms with van der Waals surface area (Å²) in [5, 5.41) is 25.7. The standard InChI is InChI=1S/C15H14N4O6/c1-24-12-4-6-15(25-2)10(7-12)9-16-17-13-5-3-11(18(20)21)8-14(13)19(22)23/h3-9,17H,1-2H3/b16-9+. The Kier molecular flexibility index (Phi) is 5.46. The highest BCUT2D eigenvalue weighted by Gasteiger charge is 2.19. The van der Waals surface area contributed by atoms with E-state index >= 15 is 0 Å². The summed E-state index contributed by atoms with van der Waals surface area (Å²) in [6, 6.07) is 8.31. The second-order valence-electron chi connectivity index (χ2n) is 4.69. The fourth-order valence-electron chi connectivity index (χ4n) is 1.99. The molecule has 2 rings (SSSR count). The van der Waals surface area contributed by atoms with E-state index in [4.69, 9.17) is 9.47 Å². The molecule has 0 amide bonds. The number of hydrogen-bond acceptors (Lipinski definition) is 8. The van der Waals surface area contributed by atoms with Crippen molar-refractivity contribution in [3.05, 3.63) is 62.2 Å². The van der Waals surface area contributed by atoms with E-state index in [9.17, 15) is 20.2 Å². The molecule has 0 bridgehead atoms. The lowest BCUT2D eigenvalue weighted by molar-refractivity contribution is -0.393. The summed E-state index contributed by atoms with van der Waals surface area (Å²) in [5.41, 5.74) is 2.28. The van der Waals surface area contributed by atoms with Crippen LogP contribution < -0.4 is 14.9 Å². The van der Waals surface area contributed by atoms with Crippen LogP contribution in [-0.4, -0.2) is 30.3 Å². The molecule has 0 aliphatic rings. The van der Waals surface area contributed by atoms with Crippen molar-refractivity contribution in [2.45, 2.75) is 0 Å². The van der Waals surface area contributed by atoms with Gasteiger partial charge in [0.05, 0.1) is 36.3 Å². The monoisotopic (exact) mass is 346 g/mol. The highest BCUT2D eigenvalue weighted by molar-refractivity contribution is 5.85. The van der Waals surface area contributed by atoms with Crippen LogP contribution in [0.2, 0.25) is 0 Å². The van der Waals surface area contributed by atoms with Crippen LogP contribution in [0.1, 0.15) is 5.56 Å². The van der Waals surface area contributed by atoms with Crippen molar-refractivity contribution in [2.24, 2.45) is 5.10 Å². The van der Waals surface area contributed by atoms with Crippen molar-refractivity contribution in [1.29, 1.82) is 0 Å². The van der Waals surface area contributed by atoms with Gasteiger partial charge in [-0.05, 0) is 24.3 Å². The van der Waals surface area contributed by atoms with Gasteiger partial charge in [-0.3, -0.25) is 25.7 Å². The predicted molar refractivity (Wildman–Crippen MR) is 90.5 cm³/mol. The second-order valence-corrected chi connectivity index (χ2v) is 4.69. The number of rotatable bonds is 7. The Balaban J connectivity index is 2.28. The molecule has 0 saturated heterocycles. The largest absolute Gasteiger partial charge is 0.497 e. The van der Waals surface area contributed by atoms with Crippen LogP contribution in [0.15, 0.2) is 41.5 Å². The molecule has 10 heteroatoms. The van der Waals surface area contributed by atoms with Gasteiger partial charge in [0.15, 0.2) is 0 Å². The quantitative estimate of drug-likeness (QED) is 0.463. The van der Waals surface area contributed by atoms with Gasteiger partial charge >= 0.3 is 5.69 Å². The Labute approximate surface area is 142 Å². The smallest absolute Gasteiger partial charge is 0.301 e. The number of methoxy groups -OCH3 is 2. The third-order valence-electron chi connectivity index (χ3n) is 3.21. The minimum atomic E-state index is -0.725. The molecule has 1 N–H and O–H groups in total. The summed E-state index contributed by atoms with van der Waals surface area (Å²) in [4.78, 5) is 20.4. The molecule has 0 radical (unpaired) electrons. The maximum atomic E-state index is 11.1. The van der Waals surface area contributed by atoms with Gasteiger partial charge in [-0.2, -0.15) is 5.10 Å². The summed E-state index contributed by atoms with van der Waals surface area (Å²) in [7, 11) is 3.01. The Hall–Kier alpha value is -3.69. The van der Waals surface area contributed by atoms with E-state index in [0.29, 0.717) is 17.1 Å². The zero-order valence-corrected chi connectivity index (χ0v) is 13.3. The van der Waals surface area contributed by atoms with Crippen molar-refractivity contribution in [3.8, 4) is 11.5 Å². The zero-order chi connectivity index (χ0) is 18.4. The van der Waals surface area contributed by atoms with Crippen LogP contribution in [0.5, 0.6) is 11.5 Å². The molecule has 130 valence electrons. The molecule has 25 heavy (non-hydrogen) atoms. The summed E-state index contributed by atoms with van der Waals surface area (Å²) in [5.74, 6) is 1.12. The van der Waals surface area contributed by atoms with E-state index in [0.717, 1.165) is 12.1 Å². The minimum absolute atomic E-state index is 0.0220. The van der Waals surface area contributed by atoms with E-state index in [1.807, 2.05) is 0 Å². The zero-order valence-electron chi connectivity index (χ0n) is 13.3. The summed E-state index contributed by atoms with van der Waals surface area (Å²) in [6.45, 7) is 0. The van der Waals surface area contributed by atoms with Crippen molar-refractivity contribution in [3.63, 3.8) is 0 Å². The molecule has 0 heterocycles. The summed E-state index contributed by atoms with van der Waals surface area (Å²) >= 11 is 0. The van der Waals surface area contributed by atoms with Crippen LogP contribution in [0.4, 0.5) is 17.1 Å². The third-order valence-corrected chi connectivity index (χ3v) is 3.21. The number of nitro benzene ring substituents is 2. The predicted octanol–water partition coefficient (Wildman–Crippen LogP) is 2.97. The Morgan fingerprint density at radius 3 is 2.40 bits per heavy atom. The van der Waals surface area contributed by atoms with Crippen molar-refractivity contribution in [1.82, 2.24) is 0 Å². The van der Waals surface area contributed by atoms with Gasteiger partial charge < -0.3 is 9.47 Å². The Morgan fingerprint density at radius 1 is 1.04 bits per heavy atom. The van der Waals surface area contributed by atoms with Crippen molar-refractivity contribution < 1.29 is 19.3 Å². The number of anilines is 1. The molecule has 0 aliphatic heterocycles. The first kappa shape index (κ1) is 17.7. The molecule has 10 nitrogen and oxygen atoms in total. The van der Waals surface area contributed by atoms with Gasteiger partial charge in [-0.1, -0.05) is 0 Å². The first-order valence-electron chi connectivity index (χ1n) is 6.90. The molecular formula is C15H14N4O6. The molecule has 0 saturated carbocycles. The Morgan fingerprint density at radius 2 is 1.80 bits per heavy atom. The molecule has 0 aromatic heterocycles. The molecule has 0 unspecified atom stereocenters. The number of ether oxygens (including phenoxy) is 2. The van der Waals surface area contributed by atoms with Gasteiger partial charge in [0.1, 0.15) is 17.2 Å². The van der Waals surface area contributed by atoms with E-state index in [1.165, 1.54) is 26.5 Å². The van der Waals surface area contributed by atoms with Crippen molar-refractivity contribution >= 4 is 23.3 Å². The Bertz CT molecular complexity index is 837. The highest BCUT2D eigenvalue weighted by atomic mass is 16.6. The molecule has 0 atom stereocenters. The fraction of sp³-hybridized carbons (Fsp3) is 0.133. The average Bonchev–Trinajstić information content (AvgIpc) is 2.61. The molecule has 2 aromatic rings. The SMILES string of the molecule is COc1ccc(OC)c(/C=N/Nc2ccc([N+](=O)[O-])cc2[N+](=O)[O-])c1. The van der Waals surface area contributed by atoms with Gasteiger partial charge in [-0.25, -0.2) is 0 Å². The van der Waals surface area contributed by atoms with Crippen LogP contribution in [0.3, 0.4) is 0 Å². The lowest BCUT2D eigenvalue weighted by Gasteiger charge is -2.07. The van der Waals surface area contributed by atoms with Gasteiger partial charge in [-0.15, -0.1) is 0 Å². The number of nitrogens with zero attached hydrogens (tertiary/aromatic N) is 3. The number of non-ortho nitro benzene ring substituents is 1. The van der Waals surface area contributed by atoms with Crippen LogP contribution in [-0.2, 0) is 0 Å². The maximum Gasteiger partial charge on any atom is 0.301 e. The average molecular weight is 346 g/mol. The van der Waals surface area contributed by atoms with Crippen LogP contribution >= 0.6 is 0 Å². The number of hydrazone groups is 1. The number of nitro groups is 2. The normalized spacial score (nSPS) is 10.5. The third kappa shape index (κ3) is 4.19. The molecule has 0 fully saturated rings. The first-order valence-corrected chi connectivity index (χ1v) is 6.90. The van der Waals surface area contributed by atoms with Gasteiger partial charge in [0.25, 0.3) is 5.69 Å². The summed E-state index contributed by atoms with van der Waals surface area (Å²) in [6.07, 6.45) is 1.40. The van der Waals surface area contributed by atoms with Crippen LogP contribution in [0, 0.1) is 20.2 Å². The van der Waals surface area contributed by atoms with Gasteiger partial charge in [0, 0.05) is 11.6 Å². The lowest BCUT2D eigenvalue weighted by atomic mass is 10.2. The number of benzene rings is 2. The molecule has 0 aliphatic carbocycles. The van der Waals surface area contributed by atoms with Crippen molar-refractivity contribution in [2.75, 3.05) is 19.6 Å². The van der Waals surface area contributed by atoms with E-state index < -0.39 is 15.5 Å². The topological polar surface area (TPSA) is 129 Å². The number of hydrogen-bond donors (Lipinski definition) is 1.